The second-order valence-corrected chi connectivity index (χ2v) is 7.10. The Labute approximate surface area is 189 Å². The first-order valence-corrected chi connectivity index (χ1v) is 10.0. The second-order valence-electron chi connectivity index (χ2n) is 7.10. The topological polar surface area (TPSA) is 114 Å². The first kappa shape index (κ1) is 21.6. The summed E-state index contributed by atoms with van der Waals surface area (Å²) in [7, 11) is 3.01. The van der Waals surface area contributed by atoms with Crippen LogP contribution in [-0.2, 0) is 0 Å². The minimum atomic E-state index is -0.504. The quantitative estimate of drug-likeness (QED) is 0.384. The molecule has 33 heavy (non-hydrogen) atoms. The van der Waals surface area contributed by atoms with Gasteiger partial charge in [0, 0.05) is 22.9 Å². The van der Waals surface area contributed by atoms with E-state index in [-0.39, 0.29) is 17.4 Å². The molecule has 0 spiro atoms. The lowest BCUT2D eigenvalue weighted by molar-refractivity contribution is 0.102. The number of benzene rings is 3. The molecule has 0 fully saturated rings. The average Bonchev–Trinajstić information content (AvgIpc) is 2.84. The number of anilines is 1. The number of aliphatic hydroxyl groups is 1. The van der Waals surface area contributed by atoms with Gasteiger partial charge in [-0.15, -0.1) is 0 Å². The minimum absolute atomic E-state index is 0.0243. The van der Waals surface area contributed by atoms with Crippen LogP contribution in [0, 0.1) is 0 Å². The summed E-state index contributed by atoms with van der Waals surface area (Å²) in [6.07, 6.45) is 1.27. The minimum Gasteiger partial charge on any atom is -0.507 e. The molecule has 0 aliphatic carbocycles. The first-order valence-electron chi connectivity index (χ1n) is 10.0. The van der Waals surface area contributed by atoms with Crippen LogP contribution in [0.5, 0.6) is 11.5 Å². The largest absolute Gasteiger partial charge is 0.507 e. The van der Waals surface area contributed by atoms with E-state index in [0.29, 0.717) is 39.3 Å². The van der Waals surface area contributed by atoms with Crippen LogP contribution in [-0.4, -0.2) is 35.2 Å². The average molecular weight is 443 g/mol. The van der Waals surface area contributed by atoms with Gasteiger partial charge in [-0.25, -0.2) is 4.98 Å². The van der Waals surface area contributed by atoms with Gasteiger partial charge >= 0.3 is 0 Å². The van der Waals surface area contributed by atoms with Gasteiger partial charge in [-0.05, 0) is 48.5 Å². The van der Waals surface area contributed by atoms with E-state index in [1.165, 1.54) is 20.3 Å². The van der Waals surface area contributed by atoms with Crippen LogP contribution in [0.15, 0.2) is 71.5 Å². The van der Waals surface area contributed by atoms with Crippen molar-refractivity contribution in [3.05, 3.63) is 93.9 Å². The van der Waals surface area contributed by atoms with E-state index in [1.54, 1.807) is 48.5 Å². The normalized spacial score (nSPS) is 11.3. The standard InChI is InChI=1S/C25H21N3O5/c1-32-22-11-9-15(13-23(22)33-2)21(29)14-20-25(31)28-19-12-16(8-10-18(19)27-20)24(30)26-17-6-4-3-5-7-17/h3-14,29H,1-2H3,(H,26,30)(H,28,31)/b21-14-. The molecular weight excluding hydrogens is 422 g/mol. The number of nitrogens with one attached hydrogen (secondary N) is 2. The number of methoxy groups -OCH3 is 2. The molecule has 0 aliphatic heterocycles. The second kappa shape index (κ2) is 9.27. The van der Waals surface area contributed by atoms with Crippen LogP contribution in [0.25, 0.3) is 22.9 Å². The molecule has 1 aromatic heterocycles. The molecule has 0 saturated carbocycles. The zero-order valence-corrected chi connectivity index (χ0v) is 18.0. The Morgan fingerprint density at radius 2 is 1.70 bits per heavy atom. The summed E-state index contributed by atoms with van der Waals surface area (Å²) in [4.78, 5) is 32.2. The van der Waals surface area contributed by atoms with Crippen LogP contribution in [0.1, 0.15) is 21.6 Å². The molecule has 166 valence electrons. The molecule has 3 aromatic carbocycles. The Morgan fingerprint density at radius 3 is 2.42 bits per heavy atom. The van der Waals surface area contributed by atoms with E-state index in [0.717, 1.165) is 0 Å². The molecule has 1 heterocycles. The summed E-state index contributed by atoms with van der Waals surface area (Å²) in [6, 6.07) is 18.8. The van der Waals surface area contributed by atoms with Gasteiger partial charge in [0.15, 0.2) is 11.5 Å². The molecule has 4 aromatic rings. The van der Waals surface area contributed by atoms with Crippen LogP contribution in [0.4, 0.5) is 5.69 Å². The first-order chi connectivity index (χ1) is 16.0. The number of aromatic amines is 1. The number of rotatable bonds is 6. The molecule has 0 radical (unpaired) electrons. The van der Waals surface area contributed by atoms with Gasteiger partial charge in [0.2, 0.25) is 0 Å². The Balaban J connectivity index is 1.63. The van der Waals surface area contributed by atoms with E-state index in [9.17, 15) is 14.7 Å². The molecule has 0 atom stereocenters. The molecule has 8 nitrogen and oxygen atoms in total. The predicted molar refractivity (Wildman–Crippen MR) is 127 cm³/mol. The van der Waals surface area contributed by atoms with Gasteiger partial charge in [-0.3, -0.25) is 9.59 Å². The molecular formula is C25H21N3O5. The maximum absolute atomic E-state index is 12.6. The highest BCUT2D eigenvalue weighted by atomic mass is 16.5. The number of amides is 1. The van der Waals surface area contributed by atoms with Gasteiger partial charge in [-0.1, -0.05) is 18.2 Å². The Hall–Kier alpha value is -4.59. The van der Waals surface area contributed by atoms with Crippen molar-refractivity contribution in [1.82, 2.24) is 9.97 Å². The fourth-order valence-electron chi connectivity index (χ4n) is 3.27. The summed E-state index contributed by atoms with van der Waals surface area (Å²) in [5.41, 5.74) is 1.87. The third-order valence-corrected chi connectivity index (χ3v) is 4.96. The number of nitrogens with zero attached hydrogens (tertiary/aromatic N) is 1. The van der Waals surface area contributed by atoms with Crippen molar-refractivity contribution in [2.75, 3.05) is 19.5 Å². The predicted octanol–water partition coefficient (Wildman–Crippen LogP) is 4.25. The molecule has 8 heteroatoms. The van der Waals surface area contributed by atoms with Gasteiger partial charge in [0.05, 0.1) is 25.3 Å². The number of hydrogen-bond donors (Lipinski definition) is 3. The highest BCUT2D eigenvalue weighted by molar-refractivity contribution is 6.05. The number of aliphatic hydroxyl groups excluding tert-OH is 1. The van der Waals surface area contributed by atoms with Crippen LogP contribution in [0.2, 0.25) is 0 Å². The molecule has 1 amide bonds. The maximum Gasteiger partial charge on any atom is 0.274 e. The Bertz CT molecular complexity index is 1410. The molecule has 4 rings (SSSR count). The number of fused-ring (bicyclic) bond motifs is 1. The molecule has 0 aliphatic rings. The van der Waals surface area contributed by atoms with Crippen LogP contribution < -0.4 is 20.3 Å². The number of carbonyl (C=O) groups excluding carboxylic acids is 1. The summed E-state index contributed by atoms with van der Waals surface area (Å²) < 4.78 is 10.4. The highest BCUT2D eigenvalue weighted by Gasteiger charge is 2.12. The number of hydrogen-bond acceptors (Lipinski definition) is 6. The van der Waals surface area contributed by atoms with Crippen molar-refractivity contribution < 1.29 is 19.4 Å². The van der Waals surface area contributed by atoms with Gasteiger partial charge in [0.1, 0.15) is 11.5 Å². The zero-order valence-electron chi connectivity index (χ0n) is 18.0. The fraction of sp³-hybridized carbons (Fsp3) is 0.0800. The van der Waals surface area contributed by atoms with Gasteiger partial charge in [0.25, 0.3) is 11.5 Å². The third kappa shape index (κ3) is 4.69. The lowest BCUT2D eigenvalue weighted by Crippen LogP contribution is -2.14. The smallest absolute Gasteiger partial charge is 0.274 e. The van der Waals surface area contributed by atoms with Crippen molar-refractivity contribution in [2.45, 2.75) is 0 Å². The van der Waals surface area contributed by atoms with E-state index in [1.807, 2.05) is 18.2 Å². The zero-order chi connectivity index (χ0) is 23.4. The number of H-pyrrole nitrogens is 1. The van der Waals surface area contributed by atoms with E-state index >= 15 is 0 Å². The number of aromatic nitrogens is 2. The van der Waals surface area contributed by atoms with Crippen molar-refractivity contribution in [3.8, 4) is 11.5 Å². The number of ether oxygens (including phenoxy) is 2. The number of carbonyl (C=O) groups is 1. The lowest BCUT2D eigenvalue weighted by atomic mass is 10.1. The maximum atomic E-state index is 12.6. The van der Waals surface area contributed by atoms with E-state index in [2.05, 4.69) is 15.3 Å². The molecule has 0 bridgehead atoms. The summed E-state index contributed by atoms with van der Waals surface area (Å²) >= 11 is 0. The van der Waals surface area contributed by atoms with Crippen molar-refractivity contribution in [1.29, 1.82) is 0 Å². The molecule has 0 unspecified atom stereocenters. The van der Waals surface area contributed by atoms with Crippen molar-refractivity contribution >= 4 is 34.5 Å². The van der Waals surface area contributed by atoms with Gasteiger partial charge in [-0.2, -0.15) is 0 Å². The molecule has 0 saturated heterocycles. The van der Waals surface area contributed by atoms with Crippen LogP contribution >= 0.6 is 0 Å². The summed E-state index contributed by atoms with van der Waals surface area (Å²) in [6.45, 7) is 0. The fourth-order valence-corrected chi connectivity index (χ4v) is 3.27. The summed E-state index contributed by atoms with van der Waals surface area (Å²) in [5, 5.41) is 13.3. The monoisotopic (exact) mass is 443 g/mol. The Morgan fingerprint density at radius 1 is 0.970 bits per heavy atom. The van der Waals surface area contributed by atoms with Crippen molar-refractivity contribution in [2.24, 2.45) is 0 Å². The van der Waals surface area contributed by atoms with Gasteiger partial charge < -0.3 is 24.9 Å². The van der Waals surface area contributed by atoms with E-state index < -0.39 is 5.56 Å². The van der Waals surface area contributed by atoms with Crippen LogP contribution in [0.3, 0.4) is 0 Å². The van der Waals surface area contributed by atoms with E-state index in [4.69, 9.17) is 9.47 Å². The number of para-hydroxylation sites is 1. The lowest BCUT2D eigenvalue weighted by Gasteiger charge is -2.09. The molecule has 3 N–H and O–H groups in total. The Kier molecular flexibility index (Phi) is 6.08. The third-order valence-electron chi connectivity index (χ3n) is 4.96. The highest BCUT2D eigenvalue weighted by Crippen LogP contribution is 2.30. The summed E-state index contributed by atoms with van der Waals surface area (Å²) in [5.74, 6) is 0.491. The van der Waals surface area contributed by atoms with Crippen molar-refractivity contribution in [3.63, 3.8) is 0 Å². The SMILES string of the molecule is COc1ccc(/C(O)=C/c2nc3ccc(C(=O)Nc4ccccc4)cc3[nH]c2=O)cc1OC.